The summed E-state index contributed by atoms with van der Waals surface area (Å²) in [5, 5.41) is 0. The van der Waals surface area contributed by atoms with Crippen molar-refractivity contribution >= 4 is 15.9 Å². The smallest absolute Gasteiger partial charge is 0.127 e. The summed E-state index contributed by atoms with van der Waals surface area (Å²) in [7, 11) is 0. The van der Waals surface area contributed by atoms with E-state index in [1.807, 2.05) is 18.2 Å². The third kappa shape index (κ3) is 1.54. The molecule has 0 amide bonds. The Kier molecular flexibility index (Phi) is 2.44. The molecular formula is C14H11BrO. The molecule has 16 heavy (non-hydrogen) atoms. The van der Waals surface area contributed by atoms with Crippen molar-refractivity contribution in [3.63, 3.8) is 0 Å². The van der Waals surface area contributed by atoms with Crippen LogP contribution >= 0.6 is 15.9 Å². The monoisotopic (exact) mass is 274 g/mol. The van der Waals surface area contributed by atoms with Gasteiger partial charge in [-0.3, -0.25) is 0 Å². The number of para-hydroxylation sites is 1. The van der Waals surface area contributed by atoms with Crippen LogP contribution in [0.4, 0.5) is 0 Å². The van der Waals surface area contributed by atoms with Crippen molar-refractivity contribution in [2.24, 2.45) is 0 Å². The third-order valence-electron chi connectivity index (χ3n) is 2.86. The highest BCUT2D eigenvalue weighted by atomic mass is 79.9. The fourth-order valence-electron chi connectivity index (χ4n) is 2.08. The average molecular weight is 275 g/mol. The van der Waals surface area contributed by atoms with Gasteiger partial charge < -0.3 is 4.74 Å². The second-order valence-corrected chi connectivity index (χ2v) is 4.97. The fraction of sp³-hybridized carbons (Fsp3) is 0.143. The minimum Gasteiger partial charge on any atom is -0.491 e. The molecule has 1 aliphatic rings. The zero-order valence-electron chi connectivity index (χ0n) is 8.69. The molecule has 3 rings (SSSR count). The highest BCUT2D eigenvalue weighted by Crippen LogP contribution is 2.40. The zero-order chi connectivity index (χ0) is 11.0. The normalized spacial score (nSPS) is 17.9. The zero-order valence-corrected chi connectivity index (χ0v) is 10.3. The molecular weight excluding hydrogens is 264 g/mol. The Balaban J connectivity index is 2.28. The van der Waals surface area contributed by atoms with Gasteiger partial charge >= 0.3 is 0 Å². The molecule has 1 unspecified atom stereocenters. The molecule has 1 atom stereocenters. The van der Waals surface area contributed by atoms with Crippen molar-refractivity contribution in [1.29, 1.82) is 0 Å². The standard InChI is InChI=1S/C14H11BrO/c15-13-9-16-14-8-4-3-7-12(14)10-5-1-2-6-11(10)13/h1-8,13H,9H2. The van der Waals surface area contributed by atoms with Crippen LogP contribution < -0.4 is 4.74 Å². The first kappa shape index (κ1) is 9.91. The van der Waals surface area contributed by atoms with Crippen LogP contribution in [0.1, 0.15) is 10.4 Å². The minimum absolute atomic E-state index is 0.260. The van der Waals surface area contributed by atoms with Crippen LogP contribution in [0.15, 0.2) is 48.5 Å². The van der Waals surface area contributed by atoms with Crippen molar-refractivity contribution in [2.45, 2.75) is 4.83 Å². The predicted molar refractivity (Wildman–Crippen MR) is 69.0 cm³/mol. The molecule has 1 nitrogen and oxygen atoms in total. The summed E-state index contributed by atoms with van der Waals surface area (Å²) in [4.78, 5) is 0.260. The molecule has 2 heteroatoms. The maximum atomic E-state index is 5.80. The first-order valence-electron chi connectivity index (χ1n) is 5.31. The van der Waals surface area contributed by atoms with Gasteiger partial charge in [-0.05, 0) is 17.2 Å². The lowest BCUT2D eigenvalue weighted by Crippen LogP contribution is -2.01. The van der Waals surface area contributed by atoms with E-state index < -0.39 is 0 Å². The number of hydrogen-bond acceptors (Lipinski definition) is 1. The Morgan fingerprint density at radius 2 is 1.62 bits per heavy atom. The molecule has 1 heterocycles. The van der Waals surface area contributed by atoms with Crippen molar-refractivity contribution in [1.82, 2.24) is 0 Å². The van der Waals surface area contributed by atoms with Gasteiger partial charge in [0, 0.05) is 5.56 Å². The lowest BCUT2D eigenvalue weighted by Gasteiger charge is -2.09. The SMILES string of the molecule is BrC1COc2ccccc2-c2ccccc21. The van der Waals surface area contributed by atoms with E-state index >= 15 is 0 Å². The van der Waals surface area contributed by atoms with E-state index in [-0.39, 0.29) is 4.83 Å². The quantitative estimate of drug-likeness (QED) is 0.655. The van der Waals surface area contributed by atoms with E-state index in [9.17, 15) is 0 Å². The van der Waals surface area contributed by atoms with Gasteiger partial charge in [0.25, 0.3) is 0 Å². The third-order valence-corrected chi connectivity index (χ3v) is 3.62. The van der Waals surface area contributed by atoms with E-state index in [1.54, 1.807) is 0 Å². The summed E-state index contributed by atoms with van der Waals surface area (Å²) in [6, 6.07) is 16.6. The van der Waals surface area contributed by atoms with Crippen LogP contribution in [0, 0.1) is 0 Å². The summed E-state index contributed by atoms with van der Waals surface area (Å²) < 4.78 is 5.80. The second-order valence-electron chi connectivity index (χ2n) is 3.86. The Labute approximate surface area is 103 Å². The molecule has 0 aliphatic carbocycles. The maximum Gasteiger partial charge on any atom is 0.127 e. The molecule has 80 valence electrons. The molecule has 0 radical (unpaired) electrons. The average Bonchev–Trinajstić information content (AvgIpc) is 2.49. The summed E-state index contributed by atoms with van der Waals surface area (Å²) in [5.41, 5.74) is 3.74. The van der Waals surface area contributed by atoms with Crippen LogP contribution in [0.5, 0.6) is 5.75 Å². The molecule has 1 aliphatic heterocycles. The lowest BCUT2D eigenvalue weighted by molar-refractivity contribution is 0.325. The Morgan fingerprint density at radius 3 is 2.50 bits per heavy atom. The molecule has 0 bridgehead atoms. The van der Waals surface area contributed by atoms with Crippen molar-refractivity contribution < 1.29 is 4.74 Å². The second kappa shape index (κ2) is 3.95. The van der Waals surface area contributed by atoms with Gasteiger partial charge in [-0.15, -0.1) is 0 Å². The number of fused-ring (bicyclic) bond motifs is 3. The molecule has 0 spiro atoms. The van der Waals surface area contributed by atoms with Gasteiger partial charge in [0.15, 0.2) is 0 Å². The van der Waals surface area contributed by atoms with Crippen molar-refractivity contribution in [2.75, 3.05) is 6.61 Å². The molecule has 0 N–H and O–H groups in total. The number of hydrogen-bond donors (Lipinski definition) is 0. The fourth-order valence-corrected chi connectivity index (χ4v) is 2.61. The highest BCUT2D eigenvalue weighted by molar-refractivity contribution is 9.09. The van der Waals surface area contributed by atoms with Crippen LogP contribution in [-0.4, -0.2) is 6.61 Å². The van der Waals surface area contributed by atoms with Crippen LogP contribution in [-0.2, 0) is 0 Å². The number of benzene rings is 2. The van der Waals surface area contributed by atoms with Crippen molar-refractivity contribution in [3.05, 3.63) is 54.1 Å². The first-order chi connectivity index (χ1) is 7.86. The molecule has 0 saturated heterocycles. The molecule has 2 aromatic carbocycles. The van der Waals surface area contributed by atoms with E-state index in [4.69, 9.17) is 4.74 Å². The number of rotatable bonds is 0. The lowest BCUT2D eigenvalue weighted by atomic mass is 9.98. The first-order valence-corrected chi connectivity index (χ1v) is 6.23. The van der Waals surface area contributed by atoms with E-state index in [0.717, 1.165) is 5.75 Å². The van der Waals surface area contributed by atoms with Gasteiger partial charge in [-0.25, -0.2) is 0 Å². The number of ether oxygens (including phenoxy) is 1. The summed E-state index contributed by atoms with van der Waals surface area (Å²) in [5.74, 6) is 0.969. The summed E-state index contributed by atoms with van der Waals surface area (Å²) >= 11 is 3.67. The van der Waals surface area contributed by atoms with Gasteiger partial charge in [-0.2, -0.15) is 0 Å². The Morgan fingerprint density at radius 1 is 0.938 bits per heavy atom. The minimum atomic E-state index is 0.260. The topological polar surface area (TPSA) is 9.23 Å². The number of halogens is 1. The van der Waals surface area contributed by atoms with Gasteiger partial charge in [0.2, 0.25) is 0 Å². The van der Waals surface area contributed by atoms with Crippen LogP contribution in [0.25, 0.3) is 11.1 Å². The molecule has 0 saturated carbocycles. The van der Waals surface area contributed by atoms with Gasteiger partial charge in [0.05, 0.1) is 4.83 Å². The number of alkyl halides is 1. The summed E-state index contributed by atoms with van der Waals surface area (Å²) in [6.07, 6.45) is 0. The van der Waals surface area contributed by atoms with E-state index in [0.29, 0.717) is 6.61 Å². The predicted octanol–water partition coefficient (Wildman–Crippen LogP) is 4.18. The largest absolute Gasteiger partial charge is 0.491 e. The maximum absolute atomic E-state index is 5.80. The summed E-state index contributed by atoms with van der Waals surface area (Å²) in [6.45, 7) is 0.675. The van der Waals surface area contributed by atoms with Crippen molar-refractivity contribution in [3.8, 4) is 16.9 Å². The van der Waals surface area contributed by atoms with E-state index in [2.05, 4.69) is 46.3 Å². The van der Waals surface area contributed by atoms with Gasteiger partial charge in [0.1, 0.15) is 12.4 Å². The Hall–Kier alpha value is -1.28. The molecule has 0 aromatic heterocycles. The molecule has 0 fully saturated rings. The highest BCUT2D eigenvalue weighted by Gasteiger charge is 2.20. The van der Waals surface area contributed by atoms with Gasteiger partial charge in [-0.1, -0.05) is 58.4 Å². The van der Waals surface area contributed by atoms with Crippen LogP contribution in [0.3, 0.4) is 0 Å². The molecule has 2 aromatic rings. The Bertz CT molecular complexity index is 522. The van der Waals surface area contributed by atoms with Crippen LogP contribution in [0.2, 0.25) is 0 Å². The van der Waals surface area contributed by atoms with E-state index in [1.165, 1.54) is 16.7 Å².